The maximum atomic E-state index is 5.64. The van der Waals surface area contributed by atoms with Crippen molar-refractivity contribution < 1.29 is 18.9 Å². The Labute approximate surface area is 188 Å². The fourth-order valence-electron chi connectivity index (χ4n) is 3.28. The second kappa shape index (κ2) is 26.9. The van der Waals surface area contributed by atoms with Crippen LogP contribution in [0.25, 0.3) is 0 Å². The lowest BCUT2D eigenvalue weighted by molar-refractivity contribution is -0.00563. The number of unbranched alkanes of at least 4 members (excludes halogenated alkanes) is 12. The Bertz CT molecular complexity index is 299. The second-order valence-corrected chi connectivity index (χ2v) is 8.67. The standard InChI is InChI=1S/C26H54O4/c1-4-6-7-8-9-10-11-12-13-14-15-16-17-18-27-19-20-28-21-22-29-23-24-30-25-26(3)5-2/h26H,4-25H2,1-3H3. The van der Waals surface area contributed by atoms with Gasteiger partial charge >= 0.3 is 0 Å². The van der Waals surface area contributed by atoms with Crippen molar-refractivity contribution in [3.63, 3.8) is 0 Å². The van der Waals surface area contributed by atoms with Crippen molar-refractivity contribution in [2.75, 3.05) is 52.9 Å². The maximum Gasteiger partial charge on any atom is 0.0701 e. The van der Waals surface area contributed by atoms with Crippen LogP contribution >= 0.6 is 0 Å². The molecule has 1 unspecified atom stereocenters. The molecule has 0 heterocycles. The van der Waals surface area contributed by atoms with E-state index in [1.807, 2.05) is 0 Å². The minimum absolute atomic E-state index is 0.631. The molecule has 0 bridgehead atoms. The van der Waals surface area contributed by atoms with Crippen LogP contribution in [0.3, 0.4) is 0 Å². The van der Waals surface area contributed by atoms with Crippen LogP contribution in [0.5, 0.6) is 0 Å². The molecule has 0 saturated heterocycles. The predicted molar refractivity (Wildman–Crippen MR) is 128 cm³/mol. The van der Waals surface area contributed by atoms with Gasteiger partial charge in [0.2, 0.25) is 0 Å². The van der Waals surface area contributed by atoms with Crippen LogP contribution in [0.1, 0.15) is 111 Å². The van der Waals surface area contributed by atoms with Gasteiger partial charge in [-0.05, 0) is 12.3 Å². The lowest BCUT2D eigenvalue weighted by Crippen LogP contribution is -2.13. The van der Waals surface area contributed by atoms with Gasteiger partial charge in [0, 0.05) is 13.2 Å². The molecule has 0 aromatic carbocycles. The molecule has 0 radical (unpaired) electrons. The lowest BCUT2D eigenvalue weighted by atomic mass is 10.0. The molecule has 0 aliphatic carbocycles. The molecule has 0 aliphatic rings. The van der Waals surface area contributed by atoms with Gasteiger partial charge < -0.3 is 18.9 Å². The van der Waals surface area contributed by atoms with Gasteiger partial charge in [-0.25, -0.2) is 0 Å². The molecule has 0 aliphatic heterocycles. The van der Waals surface area contributed by atoms with E-state index in [0.29, 0.717) is 45.6 Å². The van der Waals surface area contributed by atoms with Crippen molar-refractivity contribution in [2.45, 2.75) is 111 Å². The minimum Gasteiger partial charge on any atom is -0.379 e. The van der Waals surface area contributed by atoms with Gasteiger partial charge in [-0.1, -0.05) is 104 Å². The van der Waals surface area contributed by atoms with Crippen LogP contribution in [0.2, 0.25) is 0 Å². The van der Waals surface area contributed by atoms with E-state index in [-0.39, 0.29) is 0 Å². The number of hydrogen-bond donors (Lipinski definition) is 0. The summed E-state index contributed by atoms with van der Waals surface area (Å²) >= 11 is 0. The summed E-state index contributed by atoms with van der Waals surface area (Å²) in [5.41, 5.74) is 0. The molecule has 4 nitrogen and oxygen atoms in total. The monoisotopic (exact) mass is 430 g/mol. The van der Waals surface area contributed by atoms with Gasteiger partial charge in [0.05, 0.1) is 39.6 Å². The Balaban J connectivity index is 3.00. The minimum atomic E-state index is 0.631. The van der Waals surface area contributed by atoms with E-state index in [0.717, 1.165) is 19.6 Å². The Kier molecular flexibility index (Phi) is 26.7. The smallest absolute Gasteiger partial charge is 0.0701 e. The first kappa shape index (κ1) is 29.8. The van der Waals surface area contributed by atoms with Crippen molar-refractivity contribution in [1.29, 1.82) is 0 Å². The first-order valence-corrected chi connectivity index (χ1v) is 13.1. The van der Waals surface area contributed by atoms with Crippen molar-refractivity contribution in [2.24, 2.45) is 5.92 Å². The zero-order valence-corrected chi connectivity index (χ0v) is 20.8. The SMILES string of the molecule is CCCCCCCCCCCCCCCOCCOCCOCCOCC(C)CC. The lowest BCUT2D eigenvalue weighted by Gasteiger charge is -2.10. The highest BCUT2D eigenvalue weighted by atomic mass is 16.6. The molecule has 0 amide bonds. The summed E-state index contributed by atoms with van der Waals surface area (Å²) < 4.78 is 22.2. The molecule has 0 saturated carbocycles. The molecule has 0 aromatic heterocycles. The van der Waals surface area contributed by atoms with Crippen LogP contribution in [-0.4, -0.2) is 52.9 Å². The van der Waals surface area contributed by atoms with Gasteiger partial charge in [0.1, 0.15) is 0 Å². The van der Waals surface area contributed by atoms with Gasteiger partial charge in [-0.15, -0.1) is 0 Å². The topological polar surface area (TPSA) is 36.9 Å². The molecule has 4 heteroatoms. The van der Waals surface area contributed by atoms with Crippen LogP contribution in [0, 0.1) is 5.92 Å². The summed E-state index contributed by atoms with van der Waals surface area (Å²) in [5.74, 6) is 0.632. The van der Waals surface area contributed by atoms with Crippen LogP contribution in [-0.2, 0) is 18.9 Å². The molecule has 30 heavy (non-hydrogen) atoms. The van der Waals surface area contributed by atoms with E-state index in [1.54, 1.807) is 0 Å². The zero-order valence-electron chi connectivity index (χ0n) is 20.8. The number of rotatable bonds is 26. The molecule has 0 fully saturated rings. The Morgan fingerprint density at radius 1 is 0.433 bits per heavy atom. The fourth-order valence-corrected chi connectivity index (χ4v) is 3.28. The van der Waals surface area contributed by atoms with E-state index in [4.69, 9.17) is 18.9 Å². The molecular weight excluding hydrogens is 376 g/mol. The summed E-state index contributed by atoms with van der Waals surface area (Å²) in [6, 6.07) is 0. The van der Waals surface area contributed by atoms with Crippen molar-refractivity contribution in [3.8, 4) is 0 Å². The maximum absolute atomic E-state index is 5.64. The third-order valence-electron chi connectivity index (χ3n) is 5.61. The van der Waals surface area contributed by atoms with Gasteiger partial charge in [0.25, 0.3) is 0 Å². The molecule has 1 atom stereocenters. The molecule has 182 valence electrons. The third-order valence-corrected chi connectivity index (χ3v) is 5.61. The van der Waals surface area contributed by atoms with Crippen molar-refractivity contribution in [3.05, 3.63) is 0 Å². The zero-order chi connectivity index (χ0) is 22.0. The van der Waals surface area contributed by atoms with Crippen molar-refractivity contribution >= 4 is 0 Å². The summed E-state index contributed by atoms with van der Waals surface area (Å²) in [6.07, 6.45) is 19.2. The third kappa shape index (κ3) is 25.9. The van der Waals surface area contributed by atoms with E-state index in [2.05, 4.69) is 20.8 Å². The molecule has 0 aromatic rings. The normalized spacial score (nSPS) is 12.5. The van der Waals surface area contributed by atoms with Gasteiger partial charge in [-0.2, -0.15) is 0 Å². The van der Waals surface area contributed by atoms with Gasteiger partial charge in [-0.3, -0.25) is 0 Å². The summed E-state index contributed by atoms with van der Waals surface area (Å²) in [4.78, 5) is 0. The van der Waals surface area contributed by atoms with E-state index >= 15 is 0 Å². The average Bonchev–Trinajstić information content (AvgIpc) is 2.76. The average molecular weight is 431 g/mol. The van der Waals surface area contributed by atoms with E-state index in [9.17, 15) is 0 Å². The van der Waals surface area contributed by atoms with E-state index < -0.39 is 0 Å². The Morgan fingerprint density at radius 3 is 1.23 bits per heavy atom. The summed E-state index contributed by atoms with van der Waals surface area (Å²) in [5, 5.41) is 0. The highest BCUT2D eigenvalue weighted by Crippen LogP contribution is 2.12. The van der Waals surface area contributed by atoms with Crippen LogP contribution in [0.4, 0.5) is 0 Å². The predicted octanol–water partition coefficient (Wildman–Crippen LogP) is 7.19. The second-order valence-electron chi connectivity index (χ2n) is 8.67. The quantitative estimate of drug-likeness (QED) is 0.136. The van der Waals surface area contributed by atoms with Crippen LogP contribution in [0.15, 0.2) is 0 Å². The highest BCUT2D eigenvalue weighted by Gasteiger charge is 1.98. The number of ether oxygens (including phenoxy) is 4. The highest BCUT2D eigenvalue weighted by molar-refractivity contribution is 4.49. The largest absolute Gasteiger partial charge is 0.379 e. The Hall–Kier alpha value is -0.160. The fraction of sp³-hybridized carbons (Fsp3) is 1.00. The first-order chi connectivity index (χ1) is 14.8. The molecule has 0 N–H and O–H groups in total. The Morgan fingerprint density at radius 2 is 0.800 bits per heavy atom. The van der Waals surface area contributed by atoms with Gasteiger partial charge in [0.15, 0.2) is 0 Å². The molecule has 0 spiro atoms. The summed E-state index contributed by atoms with van der Waals surface area (Å²) in [7, 11) is 0. The van der Waals surface area contributed by atoms with E-state index in [1.165, 1.54) is 83.5 Å². The van der Waals surface area contributed by atoms with Crippen molar-refractivity contribution in [1.82, 2.24) is 0 Å². The summed E-state index contributed by atoms with van der Waals surface area (Å²) in [6.45, 7) is 12.3. The molecule has 0 rings (SSSR count). The number of hydrogen-bond acceptors (Lipinski definition) is 4. The van der Waals surface area contributed by atoms with Crippen LogP contribution < -0.4 is 0 Å². The molecular formula is C26H54O4. The first-order valence-electron chi connectivity index (χ1n) is 13.1.